The summed E-state index contributed by atoms with van der Waals surface area (Å²) in [4.78, 5) is 36.3. The van der Waals surface area contributed by atoms with E-state index >= 15 is 0 Å². The zero-order chi connectivity index (χ0) is 21.8. The first kappa shape index (κ1) is 20.7. The molecule has 1 atom stereocenters. The van der Waals surface area contributed by atoms with Crippen LogP contribution in [0.5, 0.6) is 0 Å². The lowest BCUT2D eigenvalue weighted by molar-refractivity contribution is -0.383. The summed E-state index contributed by atoms with van der Waals surface area (Å²) in [6, 6.07) is 17.6. The minimum absolute atomic E-state index is 0.0651. The van der Waals surface area contributed by atoms with Crippen LogP contribution in [0, 0.1) is 24.0 Å². The number of aryl methyl sites for hydroxylation is 2. The number of anilines is 1. The number of hydrogen-bond acceptors (Lipinski definition) is 6. The number of ketones is 1. The van der Waals surface area contributed by atoms with Gasteiger partial charge in [-0.2, -0.15) is 0 Å². The largest absolute Gasteiger partial charge is 0.445 e. The van der Waals surface area contributed by atoms with Gasteiger partial charge in [-0.15, -0.1) is 0 Å². The molecule has 2 N–H and O–H groups in total. The van der Waals surface area contributed by atoms with Gasteiger partial charge < -0.3 is 10.5 Å². The normalized spacial score (nSPS) is 11.5. The van der Waals surface area contributed by atoms with Crippen LogP contribution in [0.4, 0.5) is 11.4 Å². The minimum Gasteiger partial charge on any atom is -0.445 e. The van der Waals surface area contributed by atoms with Gasteiger partial charge in [0.15, 0.2) is 6.10 Å². The van der Waals surface area contributed by atoms with E-state index in [1.54, 1.807) is 36.4 Å². The molecule has 3 rings (SSSR count). The predicted octanol–water partition coefficient (Wildman–Crippen LogP) is 4.57. The van der Waals surface area contributed by atoms with Crippen molar-refractivity contribution in [2.75, 3.05) is 5.73 Å². The van der Waals surface area contributed by atoms with Crippen LogP contribution in [0.3, 0.4) is 0 Å². The Balaban J connectivity index is 1.96. The summed E-state index contributed by atoms with van der Waals surface area (Å²) < 4.78 is 5.53. The van der Waals surface area contributed by atoms with E-state index in [0.717, 1.165) is 17.2 Å². The van der Waals surface area contributed by atoms with Gasteiger partial charge in [0, 0.05) is 17.2 Å². The van der Waals surface area contributed by atoms with E-state index in [0.29, 0.717) is 11.1 Å². The molecule has 0 aromatic heterocycles. The van der Waals surface area contributed by atoms with Crippen molar-refractivity contribution in [2.45, 2.75) is 20.0 Å². The molecule has 7 nitrogen and oxygen atoms in total. The molecule has 30 heavy (non-hydrogen) atoms. The molecule has 0 bridgehead atoms. The maximum Gasteiger partial charge on any atom is 0.339 e. The number of esters is 1. The molecule has 0 spiro atoms. The number of nitrogens with two attached hydrogens (primary N) is 1. The average Bonchev–Trinajstić information content (AvgIpc) is 2.73. The van der Waals surface area contributed by atoms with Crippen LogP contribution in [-0.4, -0.2) is 16.7 Å². The van der Waals surface area contributed by atoms with Crippen LogP contribution in [0.2, 0.25) is 0 Å². The zero-order valence-electron chi connectivity index (χ0n) is 16.5. The van der Waals surface area contributed by atoms with E-state index in [9.17, 15) is 19.7 Å². The van der Waals surface area contributed by atoms with E-state index in [2.05, 4.69) is 0 Å². The number of nitro groups is 1. The van der Waals surface area contributed by atoms with Crippen molar-refractivity contribution >= 4 is 23.1 Å². The summed E-state index contributed by atoms with van der Waals surface area (Å²) in [5.74, 6) is -1.25. The Bertz CT molecular complexity index is 1110. The summed E-state index contributed by atoms with van der Waals surface area (Å²) in [5, 5.41) is 11.1. The highest BCUT2D eigenvalue weighted by atomic mass is 16.6. The topological polar surface area (TPSA) is 113 Å². The fourth-order valence-corrected chi connectivity index (χ4v) is 2.89. The molecule has 0 saturated carbocycles. The van der Waals surface area contributed by atoms with E-state index in [4.69, 9.17) is 10.5 Å². The van der Waals surface area contributed by atoms with Crippen molar-refractivity contribution in [3.63, 3.8) is 0 Å². The second-order valence-corrected chi connectivity index (χ2v) is 6.96. The van der Waals surface area contributed by atoms with Crippen LogP contribution < -0.4 is 5.73 Å². The maximum atomic E-state index is 13.1. The third-order valence-electron chi connectivity index (χ3n) is 4.64. The lowest BCUT2D eigenvalue weighted by Crippen LogP contribution is -2.20. The predicted molar refractivity (Wildman–Crippen MR) is 112 cm³/mol. The summed E-state index contributed by atoms with van der Waals surface area (Å²) >= 11 is 0. The van der Waals surface area contributed by atoms with E-state index in [1.807, 2.05) is 26.0 Å². The first-order valence-corrected chi connectivity index (χ1v) is 9.18. The maximum absolute atomic E-state index is 13.1. The number of hydrogen-bond donors (Lipinski definition) is 1. The molecule has 0 saturated heterocycles. The monoisotopic (exact) mass is 404 g/mol. The van der Waals surface area contributed by atoms with Gasteiger partial charge >= 0.3 is 5.97 Å². The van der Waals surface area contributed by atoms with Gasteiger partial charge in [0.2, 0.25) is 5.78 Å². The van der Waals surface area contributed by atoms with Crippen molar-refractivity contribution in [3.8, 4) is 0 Å². The molecule has 7 heteroatoms. The van der Waals surface area contributed by atoms with E-state index < -0.39 is 28.5 Å². The molecule has 0 heterocycles. The van der Waals surface area contributed by atoms with Crippen LogP contribution in [0.25, 0.3) is 0 Å². The standard InChI is InChI=1S/C23H20N2O5/c1-14-3-7-16(8-4-14)21(26)22(17-9-5-15(2)6-10-17)30-23(27)18-11-12-19(24)20(13-18)25(28)29/h3-13,22H,24H2,1-2H3/t22-/m0/s1. The van der Waals surface area contributed by atoms with Crippen molar-refractivity contribution in [3.05, 3.63) is 105 Å². The minimum atomic E-state index is -1.20. The van der Waals surface area contributed by atoms with Gasteiger partial charge in [0.05, 0.1) is 10.5 Å². The first-order chi connectivity index (χ1) is 14.3. The van der Waals surface area contributed by atoms with Gasteiger partial charge in [-0.3, -0.25) is 14.9 Å². The molecule has 3 aromatic rings. The summed E-state index contributed by atoms with van der Waals surface area (Å²) in [7, 11) is 0. The molecule has 0 fully saturated rings. The Morgan fingerprint density at radius 2 is 1.43 bits per heavy atom. The smallest absolute Gasteiger partial charge is 0.339 e. The molecular formula is C23H20N2O5. The highest BCUT2D eigenvalue weighted by Gasteiger charge is 2.27. The van der Waals surface area contributed by atoms with Gasteiger partial charge in [0.25, 0.3) is 5.69 Å². The SMILES string of the molecule is Cc1ccc(C(=O)[C@@H](OC(=O)c2ccc(N)c([N+](=O)[O-])c2)c2ccc(C)cc2)cc1. The Hall–Kier alpha value is -4.00. The number of nitro benzene ring substituents is 1. The number of carbonyl (C=O) groups excluding carboxylic acids is 2. The first-order valence-electron chi connectivity index (χ1n) is 9.18. The molecular weight excluding hydrogens is 384 g/mol. The number of carbonyl (C=O) groups is 2. The molecule has 0 aliphatic heterocycles. The van der Waals surface area contributed by atoms with Crippen molar-refractivity contribution in [2.24, 2.45) is 0 Å². The highest BCUT2D eigenvalue weighted by Crippen LogP contribution is 2.27. The lowest BCUT2D eigenvalue weighted by Gasteiger charge is -2.18. The second-order valence-electron chi connectivity index (χ2n) is 6.96. The molecule has 0 aliphatic carbocycles. The molecule has 0 amide bonds. The molecule has 3 aromatic carbocycles. The van der Waals surface area contributed by atoms with Gasteiger partial charge in [-0.1, -0.05) is 59.7 Å². The van der Waals surface area contributed by atoms with E-state index in [1.165, 1.54) is 12.1 Å². The van der Waals surface area contributed by atoms with Crippen LogP contribution >= 0.6 is 0 Å². The van der Waals surface area contributed by atoms with Gasteiger partial charge in [0.1, 0.15) is 5.69 Å². The van der Waals surface area contributed by atoms with Crippen molar-refractivity contribution in [1.29, 1.82) is 0 Å². The number of benzene rings is 3. The summed E-state index contributed by atoms with van der Waals surface area (Å²) in [6.07, 6.45) is -1.20. The average molecular weight is 404 g/mol. The Morgan fingerprint density at radius 3 is 2.00 bits per heavy atom. The number of nitrogen functional groups attached to an aromatic ring is 1. The second kappa shape index (κ2) is 8.57. The van der Waals surface area contributed by atoms with Crippen LogP contribution in [-0.2, 0) is 4.74 Å². The number of Topliss-reactive ketones (excluding diaryl/α,β-unsaturated/α-hetero) is 1. The molecule has 0 unspecified atom stereocenters. The Kier molecular flexibility index (Phi) is 5.92. The Labute approximate surface area is 173 Å². The summed E-state index contributed by atoms with van der Waals surface area (Å²) in [6.45, 7) is 3.81. The van der Waals surface area contributed by atoms with Crippen LogP contribution in [0.1, 0.15) is 43.5 Å². The van der Waals surface area contributed by atoms with E-state index in [-0.39, 0.29) is 11.3 Å². The van der Waals surface area contributed by atoms with Gasteiger partial charge in [-0.05, 0) is 26.0 Å². The summed E-state index contributed by atoms with van der Waals surface area (Å²) in [5.41, 5.74) is 7.92. The number of nitrogens with zero attached hydrogens (tertiary/aromatic N) is 1. The Morgan fingerprint density at radius 1 is 0.900 bits per heavy atom. The lowest BCUT2D eigenvalue weighted by atomic mass is 9.98. The fraction of sp³-hybridized carbons (Fsp3) is 0.130. The molecule has 152 valence electrons. The number of ether oxygens (including phenoxy) is 1. The zero-order valence-corrected chi connectivity index (χ0v) is 16.5. The third kappa shape index (κ3) is 4.52. The van der Waals surface area contributed by atoms with Gasteiger partial charge in [-0.25, -0.2) is 4.79 Å². The molecule has 0 radical (unpaired) electrons. The fourth-order valence-electron chi connectivity index (χ4n) is 2.89. The third-order valence-corrected chi connectivity index (χ3v) is 4.64. The highest BCUT2D eigenvalue weighted by molar-refractivity contribution is 6.02. The van der Waals surface area contributed by atoms with Crippen molar-refractivity contribution in [1.82, 2.24) is 0 Å². The van der Waals surface area contributed by atoms with Crippen LogP contribution in [0.15, 0.2) is 66.7 Å². The molecule has 0 aliphatic rings. The number of rotatable bonds is 6. The quantitative estimate of drug-likeness (QED) is 0.212. The van der Waals surface area contributed by atoms with Crippen molar-refractivity contribution < 1.29 is 19.2 Å².